The molecule has 2 rings (SSSR count). The maximum atomic E-state index is 13.5. The van der Waals surface area contributed by atoms with Crippen LogP contribution in [0.25, 0.3) is 0 Å². The highest BCUT2D eigenvalue weighted by atomic mass is 31.1. The Labute approximate surface area is 157 Å². The van der Waals surface area contributed by atoms with Gasteiger partial charge in [0.1, 0.15) is 0 Å². The first kappa shape index (κ1) is 24.5. The molecule has 0 fully saturated rings. The molecule has 1 atom stereocenters. The lowest BCUT2D eigenvalue weighted by Crippen LogP contribution is -2.19. The monoisotopic (exact) mass is 456 g/mol. The molecule has 0 aliphatic carbocycles. The van der Waals surface area contributed by atoms with E-state index in [0.717, 1.165) is 0 Å². The van der Waals surface area contributed by atoms with E-state index in [2.05, 4.69) is 9.47 Å². The number of benzene rings is 2. The normalized spacial score (nSPS) is 10.8. The van der Waals surface area contributed by atoms with Crippen LogP contribution in [-0.4, -0.2) is 12.8 Å². The van der Waals surface area contributed by atoms with Gasteiger partial charge in [0.25, 0.3) is 0 Å². The number of carbonyl (C=O) groups is 1. The molecule has 0 N–H and O–H groups in total. The lowest BCUT2D eigenvalue weighted by Gasteiger charge is -2.11. The van der Waals surface area contributed by atoms with Crippen molar-refractivity contribution in [2.75, 3.05) is 6.66 Å². The van der Waals surface area contributed by atoms with Crippen LogP contribution in [0.2, 0.25) is 0 Å². The molecule has 2 aromatic rings. The summed E-state index contributed by atoms with van der Waals surface area (Å²) in [6.07, 6.45) is -2.44. The summed E-state index contributed by atoms with van der Waals surface area (Å²) in [5, 5.41) is 0. The van der Waals surface area contributed by atoms with E-state index in [4.69, 9.17) is 0 Å². The van der Waals surface area contributed by atoms with Gasteiger partial charge < -0.3 is 9.47 Å². The molecular formula is C15H7F10O3P. The molecule has 0 aliphatic rings. The topological polar surface area (TPSA) is 35.5 Å². The van der Waals surface area contributed by atoms with E-state index in [9.17, 15) is 48.5 Å². The Bertz CT molecular complexity index is 819. The highest BCUT2D eigenvalue weighted by Crippen LogP contribution is 2.32. The molecule has 0 saturated carbocycles. The fraction of sp³-hybridized carbons (Fsp3) is 0.133. The van der Waals surface area contributed by atoms with Crippen molar-refractivity contribution in [3.05, 3.63) is 57.9 Å². The van der Waals surface area contributed by atoms with Crippen molar-refractivity contribution in [2.24, 2.45) is 0 Å². The van der Waals surface area contributed by atoms with Gasteiger partial charge in [-0.2, -0.15) is 17.6 Å². The summed E-state index contributed by atoms with van der Waals surface area (Å²) < 4.78 is 137. The minimum Gasteiger partial charge on any atom is -0.388 e. The van der Waals surface area contributed by atoms with Crippen molar-refractivity contribution in [3.8, 4) is 11.5 Å². The number of rotatable bonds is 2. The molecule has 2 aromatic carbocycles. The molecule has 0 saturated heterocycles. The molecule has 0 aromatic heterocycles. The standard InChI is InChI=1S/C14H3F9O3.CH4FP/c1-2-3(15)8(20)12(9(21)4(2)16)25-14(24)26-13-10(22)6(18)5(17)7(19)11(13)23;1-3-2/h1H3;3H,1H3. The first-order valence-electron chi connectivity index (χ1n) is 6.91. The third-order valence-electron chi connectivity index (χ3n) is 2.98. The Balaban J connectivity index is 0.00000132. The summed E-state index contributed by atoms with van der Waals surface area (Å²) >= 11 is 0. The Kier molecular flexibility index (Phi) is 8.25. The lowest BCUT2D eigenvalue weighted by molar-refractivity contribution is 0.141. The molecule has 3 nitrogen and oxygen atoms in total. The fourth-order valence-electron chi connectivity index (χ4n) is 1.67. The molecule has 29 heavy (non-hydrogen) atoms. The van der Waals surface area contributed by atoms with Gasteiger partial charge in [0.2, 0.25) is 52.2 Å². The smallest absolute Gasteiger partial charge is 0.388 e. The van der Waals surface area contributed by atoms with Crippen LogP contribution in [-0.2, 0) is 0 Å². The van der Waals surface area contributed by atoms with E-state index in [-0.39, 0.29) is 0 Å². The molecule has 0 radical (unpaired) electrons. The van der Waals surface area contributed by atoms with E-state index in [1.807, 2.05) is 0 Å². The predicted molar refractivity (Wildman–Crippen MR) is 79.2 cm³/mol. The van der Waals surface area contributed by atoms with Crippen LogP contribution in [0, 0.1) is 59.3 Å². The van der Waals surface area contributed by atoms with Crippen molar-refractivity contribution >= 4 is 15.0 Å². The molecule has 0 amide bonds. The summed E-state index contributed by atoms with van der Waals surface area (Å²) in [6, 6.07) is 0. The van der Waals surface area contributed by atoms with E-state index in [0.29, 0.717) is 6.92 Å². The van der Waals surface area contributed by atoms with Gasteiger partial charge in [0.05, 0.1) is 8.89 Å². The third-order valence-corrected chi connectivity index (χ3v) is 2.98. The molecule has 1 unspecified atom stereocenters. The Morgan fingerprint density at radius 1 is 0.621 bits per heavy atom. The van der Waals surface area contributed by atoms with Crippen molar-refractivity contribution in [1.29, 1.82) is 0 Å². The fourth-order valence-corrected chi connectivity index (χ4v) is 1.67. The van der Waals surface area contributed by atoms with Crippen molar-refractivity contribution in [1.82, 2.24) is 0 Å². The summed E-state index contributed by atoms with van der Waals surface area (Å²) in [6.45, 7) is 2.13. The second kappa shape index (κ2) is 9.77. The van der Waals surface area contributed by atoms with Crippen LogP contribution in [0.15, 0.2) is 0 Å². The number of hydrogen-bond acceptors (Lipinski definition) is 3. The summed E-state index contributed by atoms with van der Waals surface area (Å²) in [5.41, 5.74) is -1.11. The van der Waals surface area contributed by atoms with Gasteiger partial charge in [0.15, 0.2) is 11.6 Å². The van der Waals surface area contributed by atoms with E-state index in [1.54, 1.807) is 0 Å². The summed E-state index contributed by atoms with van der Waals surface area (Å²) in [5.74, 6) is -25.2. The van der Waals surface area contributed by atoms with Crippen molar-refractivity contribution in [2.45, 2.75) is 6.92 Å². The molecule has 160 valence electrons. The SMILES string of the molecule is CPF.Cc1c(F)c(F)c(OC(=O)Oc2c(F)c(F)c(F)c(F)c2F)c(F)c1F. The molecule has 0 aliphatic heterocycles. The van der Waals surface area contributed by atoms with Gasteiger partial charge >= 0.3 is 6.16 Å². The maximum absolute atomic E-state index is 13.5. The Morgan fingerprint density at radius 2 is 0.862 bits per heavy atom. The lowest BCUT2D eigenvalue weighted by atomic mass is 10.2. The zero-order valence-corrected chi connectivity index (χ0v) is 15.0. The third kappa shape index (κ3) is 4.89. The first-order chi connectivity index (χ1) is 13.4. The van der Waals surface area contributed by atoms with Crippen LogP contribution in [0.1, 0.15) is 5.56 Å². The average molecular weight is 456 g/mol. The summed E-state index contributed by atoms with van der Waals surface area (Å²) in [4.78, 5) is 11.3. The molecule has 14 heteroatoms. The number of halogens is 10. The van der Waals surface area contributed by atoms with Crippen LogP contribution < -0.4 is 9.47 Å². The number of carbonyl (C=O) groups excluding carboxylic acids is 1. The predicted octanol–water partition coefficient (Wildman–Crippen LogP) is 6.00. The average Bonchev–Trinajstić information content (AvgIpc) is 2.69. The maximum Gasteiger partial charge on any atom is 0.519 e. The second-order valence-electron chi connectivity index (χ2n) is 4.75. The van der Waals surface area contributed by atoms with E-state index < -0.39 is 84.5 Å². The highest BCUT2D eigenvalue weighted by molar-refractivity contribution is 7.30. The van der Waals surface area contributed by atoms with E-state index in [1.165, 1.54) is 6.66 Å². The molecule has 0 bridgehead atoms. The van der Waals surface area contributed by atoms with Crippen molar-refractivity contribution < 1.29 is 58.0 Å². The number of hydrogen-bond donors (Lipinski definition) is 0. The first-order valence-corrected chi connectivity index (χ1v) is 8.29. The van der Waals surface area contributed by atoms with Gasteiger partial charge in [-0.05, 0) is 13.6 Å². The number of ether oxygens (including phenoxy) is 2. The van der Waals surface area contributed by atoms with Gasteiger partial charge in [-0.15, -0.1) is 0 Å². The van der Waals surface area contributed by atoms with Crippen LogP contribution in [0.3, 0.4) is 0 Å². The molecule has 0 spiro atoms. The van der Waals surface area contributed by atoms with Crippen LogP contribution in [0.5, 0.6) is 11.5 Å². The quantitative estimate of drug-likeness (QED) is 0.139. The van der Waals surface area contributed by atoms with Crippen LogP contribution in [0.4, 0.5) is 48.5 Å². The zero-order valence-electron chi connectivity index (χ0n) is 14.0. The van der Waals surface area contributed by atoms with Gasteiger partial charge in [-0.25, -0.2) is 30.9 Å². The highest BCUT2D eigenvalue weighted by Gasteiger charge is 2.31. The second-order valence-corrected chi connectivity index (χ2v) is 5.13. The Morgan fingerprint density at radius 3 is 1.17 bits per heavy atom. The Hall–Kier alpha value is -2.56. The van der Waals surface area contributed by atoms with Gasteiger partial charge in [0, 0.05) is 5.56 Å². The summed E-state index contributed by atoms with van der Waals surface area (Å²) in [7, 11) is -0.417. The molecular weight excluding hydrogens is 449 g/mol. The van der Waals surface area contributed by atoms with Gasteiger partial charge in [-0.1, -0.05) is 0 Å². The zero-order chi connectivity index (χ0) is 22.6. The largest absolute Gasteiger partial charge is 0.519 e. The molecule has 0 heterocycles. The minimum absolute atomic E-state index is 0.417. The van der Waals surface area contributed by atoms with E-state index >= 15 is 0 Å². The minimum atomic E-state index is -2.57. The van der Waals surface area contributed by atoms with Crippen molar-refractivity contribution in [3.63, 3.8) is 0 Å². The van der Waals surface area contributed by atoms with Gasteiger partial charge in [-0.3, -0.25) is 0 Å². The van der Waals surface area contributed by atoms with Crippen LogP contribution >= 0.6 is 8.89 Å².